The Kier molecular flexibility index (Phi) is 4.37. The van der Waals surface area contributed by atoms with E-state index in [1.54, 1.807) is 13.1 Å². The molecule has 4 rings (SSSR count). The number of aromatic nitrogens is 1. The minimum atomic E-state index is -3.46. The quantitative estimate of drug-likeness (QED) is 0.745. The molecule has 2 aromatic rings. The second-order valence-corrected chi connectivity index (χ2v) is 9.43. The van der Waals surface area contributed by atoms with Crippen LogP contribution in [0.2, 0.25) is 0 Å². The summed E-state index contributed by atoms with van der Waals surface area (Å²) in [4.78, 5) is 38.2. The van der Waals surface area contributed by atoms with Gasteiger partial charge in [-0.3, -0.25) is 14.4 Å². The van der Waals surface area contributed by atoms with Gasteiger partial charge in [0.2, 0.25) is 0 Å². The molecule has 0 radical (unpaired) electrons. The molecule has 0 spiro atoms. The lowest BCUT2D eigenvalue weighted by atomic mass is 10.00. The summed E-state index contributed by atoms with van der Waals surface area (Å²) in [6.45, 7) is 0.287. The molecule has 0 unspecified atom stereocenters. The van der Waals surface area contributed by atoms with E-state index < -0.39 is 33.0 Å². The third kappa shape index (κ3) is 3.13. The summed E-state index contributed by atoms with van der Waals surface area (Å²) in [5.74, 6) is -1.31. The van der Waals surface area contributed by atoms with Crippen LogP contribution in [0.5, 0.6) is 0 Å². The SMILES string of the molecule is Cn1ccc(C(=O)N[C@@H]2CS(=O)(=O)[C@H]3CN(C(=O)c4ccco4)C[C@@H]23)cc1=O. The lowest BCUT2D eigenvalue weighted by Crippen LogP contribution is -2.42. The van der Waals surface area contributed by atoms with Crippen LogP contribution in [0.1, 0.15) is 20.9 Å². The summed E-state index contributed by atoms with van der Waals surface area (Å²) in [6.07, 6.45) is 2.86. The van der Waals surface area contributed by atoms with Gasteiger partial charge in [0.25, 0.3) is 17.4 Å². The number of carbonyl (C=O) groups is 2. The van der Waals surface area contributed by atoms with Gasteiger partial charge < -0.3 is 19.2 Å². The number of rotatable bonds is 3. The minimum Gasteiger partial charge on any atom is -0.459 e. The number of hydrogen-bond acceptors (Lipinski definition) is 6. The Bertz CT molecular complexity index is 1090. The van der Waals surface area contributed by atoms with Gasteiger partial charge in [0, 0.05) is 49.9 Å². The van der Waals surface area contributed by atoms with Crippen LogP contribution in [0.25, 0.3) is 0 Å². The van der Waals surface area contributed by atoms with Crippen LogP contribution in [0, 0.1) is 5.92 Å². The molecule has 0 aliphatic carbocycles. The summed E-state index contributed by atoms with van der Waals surface area (Å²) < 4.78 is 31.6. The van der Waals surface area contributed by atoms with Crippen molar-refractivity contribution in [3.63, 3.8) is 0 Å². The highest BCUT2D eigenvalue weighted by molar-refractivity contribution is 7.92. The molecule has 2 fully saturated rings. The summed E-state index contributed by atoms with van der Waals surface area (Å²) in [5, 5.41) is 2.01. The van der Waals surface area contributed by atoms with E-state index in [1.165, 1.54) is 40.1 Å². The van der Waals surface area contributed by atoms with Crippen LogP contribution in [-0.2, 0) is 16.9 Å². The molecule has 2 aliphatic rings. The van der Waals surface area contributed by atoms with Crippen molar-refractivity contribution < 1.29 is 22.4 Å². The lowest BCUT2D eigenvalue weighted by Gasteiger charge is -2.20. The average Bonchev–Trinajstić information content (AvgIpc) is 3.36. The van der Waals surface area contributed by atoms with Crippen LogP contribution in [0.3, 0.4) is 0 Å². The second kappa shape index (κ2) is 6.62. The zero-order valence-corrected chi connectivity index (χ0v) is 15.9. The van der Waals surface area contributed by atoms with Crippen LogP contribution in [0.15, 0.2) is 45.9 Å². The Morgan fingerprint density at radius 3 is 2.71 bits per heavy atom. The first kappa shape index (κ1) is 18.5. The van der Waals surface area contributed by atoms with Gasteiger partial charge >= 0.3 is 0 Å². The predicted octanol–water partition coefficient (Wildman–Crippen LogP) is -0.354. The Balaban J connectivity index is 1.52. The Morgan fingerprint density at radius 2 is 2.04 bits per heavy atom. The van der Waals surface area contributed by atoms with Crippen molar-refractivity contribution in [2.75, 3.05) is 18.8 Å². The molecule has 0 bridgehead atoms. The highest BCUT2D eigenvalue weighted by atomic mass is 32.2. The number of nitrogens with zero attached hydrogens (tertiary/aromatic N) is 2. The van der Waals surface area contributed by atoms with E-state index in [0.29, 0.717) is 0 Å². The van der Waals surface area contributed by atoms with Crippen LogP contribution >= 0.6 is 0 Å². The number of likely N-dealkylation sites (tertiary alicyclic amines) is 1. The fourth-order valence-corrected chi connectivity index (χ4v) is 6.17. The highest BCUT2D eigenvalue weighted by Crippen LogP contribution is 2.34. The van der Waals surface area contributed by atoms with E-state index in [1.807, 2.05) is 0 Å². The molecule has 0 aromatic carbocycles. The van der Waals surface area contributed by atoms with Gasteiger partial charge in [-0.25, -0.2) is 8.42 Å². The van der Waals surface area contributed by atoms with E-state index in [0.717, 1.165) is 0 Å². The minimum absolute atomic E-state index is 0.0742. The normalized spacial score (nSPS) is 25.5. The molecule has 28 heavy (non-hydrogen) atoms. The molecule has 2 saturated heterocycles. The maximum atomic E-state index is 12.6. The fourth-order valence-electron chi connectivity index (χ4n) is 3.87. The summed E-state index contributed by atoms with van der Waals surface area (Å²) in [7, 11) is -1.89. The van der Waals surface area contributed by atoms with Crippen molar-refractivity contribution in [2.24, 2.45) is 13.0 Å². The van der Waals surface area contributed by atoms with Crippen molar-refractivity contribution in [2.45, 2.75) is 11.3 Å². The van der Waals surface area contributed by atoms with Crippen molar-refractivity contribution in [1.82, 2.24) is 14.8 Å². The van der Waals surface area contributed by atoms with E-state index in [4.69, 9.17) is 4.42 Å². The number of carbonyl (C=O) groups excluding carboxylic acids is 2. The van der Waals surface area contributed by atoms with E-state index >= 15 is 0 Å². The molecular weight excluding hydrogens is 386 g/mol. The monoisotopic (exact) mass is 405 g/mol. The maximum Gasteiger partial charge on any atom is 0.289 e. The Morgan fingerprint density at radius 1 is 1.25 bits per heavy atom. The zero-order chi connectivity index (χ0) is 20.1. The number of amides is 2. The van der Waals surface area contributed by atoms with Crippen molar-refractivity contribution in [3.05, 3.63) is 58.4 Å². The van der Waals surface area contributed by atoms with Gasteiger partial charge in [0.05, 0.1) is 17.3 Å². The molecule has 2 aromatic heterocycles. The molecule has 3 atom stereocenters. The van der Waals surface area contributed by atoms with Gasteiger partial charge in [0.1, 0.15) is 0 Å². The van der Waals surface area contributed by atoms with Crippen LogP contribution in [-0.4, -0.2) is 59.8 Å². The van der Waals surface area contributed by atoms with Crippen LogP contribution < -0.4 is 10.9 Å². The van der Waals surface area contributed by atoms with Crippen molar-refractivity contribution in [1.29, 1.82) is 0 Å². The summed E-state index contributed by atoms with van der Waals surface area (Å²) >= 11 is 0. The number of aryl methyl sites for hydroxylation is 1. The number of fused-ring (bicyclic) bond motifs is 1. The summed E-state index contributed by atoms with van der Waals surface area (Å²) in [6, 6.07) is 5.20. The molecule has 1 N–H and O–H groups in total. The molecular formula is C18H19N3O6S. The highest BCUT2D eigenvalue weighted by Gasteiger charge is 2.53. The molecule has 0 saturated carbocycles. The molecule has 10 heteroatoms. The van der Waals surface area contributed by atoms with Gasteiger partial charge in [-0.1, -0.05) is 0 Å². The first-order valence-corrected chi connectivity index (χ1v) is 10.5. The van der Waals surface area contributed by atoms with Crippen LogP contribution in [0.4, 0.5) is 0 Å². The number of sulfone groups is 1. The first-order chi connectivity index (χ1) is 13.3. The largest absolute Gasteiger partial charge is 0.459 e. The standard InChI is InChI=1S/C18H19N3O6S/c1-20-5-4-11(7-16(20)22)17(23)19-13-10-28(25,26)15-9-21(8-12(13)15)18(24)14-3-2-6-27-14/h2-7,12-13,15H,8-10H2,1H3,(H,19,23)/t12-,13+,15-/m0/s1. The molecule has 2 amide bonds. The number of hydrogen-bond donors (Lipinski definition) is 1. The average molecular weight is 405 g/mol. The number of pyridine rings is 1. The smallest absolute Gasteiger partial charge is 0.289 e. The van der Waals surface area contributed by atoms with Gasteiger partial charge in [-0.15, -0.1) is 0 Å². The van der Waals surface area contributed by atoms with E-state index in [-0.39, 0.29) is 41.6 Å². The molecule has 2 aliphatic heterocycles. The van der Waals surface area contributed by atoms with Crippen molar-refractivity contribution in [3.8, 4) is 0 Å². The number of furan rings is 1. The van der Waals surface area contributed by atoms with E-state index in [2.05, 4.69) is 5.32 Å². The predicted molar refractivity (Wildman–Crippen MR) is 98.6 cm³/mol. The molecule has 148 valence electrons. The number of nitrogens with one attached hydrogen (secondary N) is 1. The zero-order valence-electron chi connectivity index (χ0n) is 15.1. The fraction of sp³-hybridized carbons (Fsp3) is 0.389. The Labute approximate surface area is 160 Å². The van der Waals surface area contributed by atoms with Gasteiger partial charge in [0.15, 0.2) is 15.6 Å². The topological polar surface area (TPSA) is 119 Å². The third-order valence-electron chi connectivity index (χ3n) is 5.40. The molecule has 4 heterocycles. The maximum absolute atomic E-state index is 12.6. The summed E-state index contributed by atoms with van der Waals surface area (Å²) in [5.41, 5.74) is -0.161. The second-order valence-electron chi connectivity index (χ2n) is 7.16. The van der Waals surface area contributed by atoms with Crippen molar-refractivity contribution >= 4 is 21.7 Å². The lowest BCUT2D eigenvalue weighted by molar-refractivity contribution is 0.0752. The van der Waals surface area contributed by atoms with Gasteiger partial charge in [-0.2, -0.15) is 0 Å². The van der Waals surface area contributed by atoms with Gasteiger partial charge in [-0.05, 0) is 18.2 Å². The molecule has 9 nitrogen and oxygen atoms in total. The first-order valence-electron chi connectivity index (χ1n) is 8.78. The van der Waals surface area contributed by atoms with E-state index in [9.17, 15) is 22.8 Å². The Hall–Kier alpha value is -2.88. The third-order valence-corrected chi connectivity index (χ3v) is 7.65.